The maximum absolute atomic E-state index is 5.27. The van der Waals surface area contributed by atoms with E-state index in [2.05, 4.69) is 156 Å². The van der Waals surface area contributed by atoms with Crippen LogP contribution >= 0.6 is 0 Å². The van der Waals surface area contributed by atoms with E-state index in [0.29, 0.717) is 17.5 Å². The molecule has 0 aliphatic heterocycles. The molecule has 0 N–H and O–H groups in total. The Balaban J connectivity index is 1.10. The van der Waals surface area contributed by atoms with Crippen molar-refractivity contribution in [3.05, 3.63) is 170 Å². The minimum atomic E-state index is 0.157. The van der Waals surface area contributed by atoms with Crippen LogP contribution in [0.5, 0.6) is 0 Å². The van der Waals surface area contributed by atoms with Crippen LogP contribution in [0.4, 0.5) is 0 Å². The van der Waals surface area contributed by atoms with Crippen LogP contribution in [0, 0.1) is 0 Å². The van der Waals surface area contributed by atoms with Gasteiger partial charge in [0.2, 0.25) is 0 Å². The summed E-state index contributed by atoms with van der Waals surface area (Å²) in [6.07, 6.45) is 0. The summed E-state index contributed by atoms with van der Waals surface area (Å²) in [6, 6.07) is 61.1. The molecule has 250 valence electrons. The zero-order valence-corrected chi connectivity index (χ0v) is 30.6. The van der Waals surface area contributed by atoms with E-state index in [1.807, 2.05) is 18.2 Å². The van der Waals surface area contributed by atoms with Gasteiger partial charge in [0.05, 0.1) is 0 Å². The van der Waals surface area contributed by atoms with Crippen molar-refractivity contribution < 1.29 is 0 Å². The van der Waals surface area contributed by atoms with Crippen molar-refractivity contribution in [1.29, 1.82) is 0 Å². The zero-order chi connectivity index (χ0) is 35.3. The van der Waals surface area contributed by atoms with Crippen molar-refractivity contribution in [2.24, 2.45) is 0 Å². The first-order chi connectivity index (χ1) is 26.8. The maximum atomic E-state index is 5.27. The van der Waals surface area contributed by atoms with E-state index < -0.39 is 0 Å². The summed E-state index contributed by atoms with van der Waals surface area (Å²) < 4.78 is 5.15. The summed E-state index contributed by atoms with van der Waals surface area (Å²) in [6.45, 7) is 0. The zero-order valence-electron chi connectivity index (χ0n) is 28.9. The first-order valence-electron chi connectivity index (χ1n) is 18.2. The summed E-state index contributed by atoms with van der Waals surface area (Å²) >= 11 is 0.157. The summed E-state index contributed by atoms with van der Waals surface area (Å²) in [5.74, 6) is 2.03. The van der Waals surface area contributed by atoms with Gasteiger partial charge in [-0.15, -0.1) is 0 Å². The summed E-state index contributed by atoms with van der Waals surface area (Å²) in [5.41, 5.74) is 11.5. The van der Waals surface area contributed by atoms with Gasteiger partial charge in [0.1, 0.15) is 0 Å². The predicted molar refractivity (Wildman–Crippen MR) is 224 cm³/mol. The van der Waals surface area contributed by atoms with Crippen molar-refractivity contribution in [2.75, 3.05) is 0 Å². The minimum absolute atomic E-state index is 0.157. The SMILES string of the molecule is c1ccc(-c2nc(-c3cccc(-n4c5cccc6c5c5c7c(cccc7ccc54)-c4ccccc4-6)c3)nc(-c3cccc4c3[se]c3ccccc34)n2)cc1. The van der Waals surface area contributed by atoms with Crippen LogP contribution < -0.4 is 0 Å². The molecule has 0 radical (unpaired) electrons. The molecular weight excluding hydrogens is 724 g/mol. The van der Waals surface area contributed by atoms with Crippen LogP contribution in [0.25, 0.3) is 114 Å². The molecule has 0 amide bonds. The number of hydrogen-bond acceptors (Lipinski definition) is 3. The average molecular weight is 752 g/mol. The van der Waals surface area contributed by atoms with Gasteiger partial charge < -0.3 is 0 Å². The topological polar surface area (TPSA) is 43.6 Å². The molecule has 0 bridgehead atoms. The second-order valence-corrected chi connectivity index (χ2v) is 16.2. The van der Waals surface area contributed by atoms with E-state index in [4.69, 9.17) is 15.0 Å². The molecule has 54 heavy (non-hydrogen) atoms. The molecule has 3 heterocycles. The van der Waals surface area contributed by atoms with Gasteiger partial charge in [-0.3, -0.25) is 0 Å². The molecular formula is C49H28N4Se. The molecule has 3 aromatic heterocycles. The fourth-order valence-corrected chi connectivity index (χ4v) is 11.2. The number of aromatic nitrogens is 4. The van der Waals surface area contributed by atoms with Gasteiger partial charge in [0, 0.05) is 0 Å². The van der Waals surface area contributed by atoms with Crippen LogP contribution in [0.2, 0.25) is 0 Å². The van der Waals surface area contributed by atoms with Crippen molar-refractivity contribution in [3.63, 3.8) is 0 Å². The molecule has 12 rings (SSSR count). The molecule has 1 aliphatic carbocycles. The average Bonchev–Trinajstić information content (AvgIpc) is 3.76. The van der Waals surface area contributed by atoms with E-state index in [0.717, 1.165) is 22.4 Å². The van der Waals surface area contributed by atoms with Gasteiger partial charge in [-0.05, 0) is 22.1 Å². The Morgan fingerprint density at radius 1 is 0.389 bits per heavy atom. The Labute approximate surface area is 316 Å². The van der Waals surface area contributed by atoms with Crippen LogP contribution in [-0.2, 0) is 0 Å². The first kappa shape index (κ1) is 29.9. The van der Waals surface area contributed by atoms with Crippen molar-refractivity contribution in [2.45, 2.75) is 0 Å². The molecule has 8 aromatic carbocycles. The number of nitrogens with zero attached hydrogens (tertiary/aromatic N) is 4. The molecule has 5 heteroatoms. The van der Waals surface area contributed by atoms with Gasteiger partial charge in [0.25, 0.3) is 0 Å². The van der Waals surface area contributed by atoms with E-state index >= 15 is 0 Å². The van der Waals surface area contributed by atoms with Crippen LogP contribution in [0.3, 0.4) is 0 Å². The Hall–Kier alpha value is -6.65. The third kappa shape index (κ3) is 4.28. The van der Waals surface area contributed by atoms with E-state index in [9.17, 15) is 0 Å². The summed E-state index contributed by atoms with van der Waals surface area (Å²) in [4.78, 5) is 15.6. The van der Waals surface area contributed by atoms with Gasteiger partial charge in [0.15, 0.2) is 0 Å². The van der Waals surface area contributed by atoms with Gasteiger partial charge in [-0.1, -0.05) is 48.5 Å². The molecule has 0 unspecified atom stereocenters. The monoisotopic (exact) mass is 752 g/mol. The molecule has 11 aromatic rings. The number of hydrogen-bond donors (Lipinski definition) is 0. The second-order valence-electron chi connectivity index (χ2n) is 13.9. The van der Waals surface area contributed by atoms with Gasteiger partial charge >= 0.3 is 247 Å². The van der Waals surface area contributed by atoms with E-state index in [-0.39, 0.29) is 14.5 Å². The number of rotatable bonds is 4. The Bertz CT molecular complexity index is 3340. The van der Waals surface area contributed by atoms with Crippen LogP contribution in [-0.4, -0.2) is 34.0 Å². The molecule has 0 saturated carbocycles. The second kappa shape index (κ2) is 11.4. The van der Waals surface area contributed by atoms with Crippen molar-refractivity contribution >= 4 is 66.4 Å². The molecule has 4 nitrogen and oxygen atoms in total. The number of fused-ring (bicyclic) bond motifs is 6. The third-order valence-corrected chi connectivity index (χ3v) is 13.5. The Morgan fingerprint density at radius 3 is 1.87 bits per heavy atom. The molecule has 0 atom stereocenters. The van der Waals surface area contributed by atoms with E-state index in [1.54, 1.807) is 0 Å². The van der Waals surface area contributed by atoms with E-state index in [1.165, 1.54) is 74.1 Å². The predicted octanol–water partition coefficient (Wildman–Crippen LogP) is 12.1. The quantitative estimate of drug-likeness (QED) is 0.168. The summed E-state index contributed by atoms with van der Waals surface area (Å²) in [7, 11) is 0. The summed E-state index contributed by atoms with van der Waals surface area (Å²) in [5, 5.41) is 7.74. The first-order valence-corrected chi connectivity index (χ1v) is 19.9. The molecule has 0 fully saturated rings. The fourth-order valence-electron chi connectivity index (χ4n) is 8.66. The third-order valence-electron chi connectivity index (χ3n) is 11.0. The molecule has 0 saturated heterocycles. The fraction of sp³-hybridized carbons (Fsp3) is 0. The standard InChI is InChI=1S/C49H28N4Se/c1-2-12-30(13-3-1)47-50-48(52-49(51-47)39-23-10-22-38-35-19-6-7-25-42(35)54-46(38)39)31-15-8-16-32(28-31)53-40-24-11-21-37-34-18-5-4-17-33(34)36-20-9-14-29-26-27-41(53)45(43(29)36)44(37)40/h1-28H. The van der Waals surface area contributed by atoms with Crippen LogP contribution in [0.15, 0.2) is 170 Å². The number of benzene rings is 8. The Morgan fingerprint density at radius 2 is 1.00 bits per heavy atom. The van der Waals surface area contributed by atoms with Crippen LogP contribution in [0.1, 0.15) is 0 Å². The van der Waals surface area contributed by atoms with Crippen molar-refractivity contribution in [3.8, 4) is 62.1 Å². The molecule has 1 aliphatic rings. The van der Waals surface area contributed by atoms with Gasteiger partial charge in [-0.2, -0.15) is 0 Å². The normalized spacial score (nSPS) is 12.1. The molecule has 0 spiro atoms. The van der Waals surface area contributed by atoms with Gasteiger partial charge in [-0.25, -0.2) is 0 Å². The van der Waals surface area contributed by atoms with Crippen molar-refractivity contribution in [1.82, 2.24) is 19.5 Å². The Kier molecular flexibility index (Phi) is 6.32.